The Morgan fingerprint density at radius 2 is 1.95 bits per heavy atom. The third-order valence-corrected chi connectivity index (χ3v) is 3.55. The summed E-state index contributed by atoms with van der Waals surface area (Å²) in [7, 11) is 0. The van der Waals surface area contributed by atoms with E-state index in [1.54, 1.807) is 12.1 Å². The van der Waals surface area contributed by atoms with Crippen LogP contribution in [0.15, 0.2) is 42.5 Å². The number of hydrogen-bond acceptors (Lipinski definition) is 3. The van der Waals surface area contributed by atoms with Gasteiger partial charge in [-0.15, -0.1) is 0 Å². The Morgan fingerprint density at radius 1 is 1.14 bits per heavy atom. The summed E-state index contributed by atoms with van der Waals surface area (Å²) in [5, 5.41) is 10.9. The molecule has 0 amide bonds. The summed E-state index contributed by atoms with van der Waals surface area (Å²) in [6, 6.07) is 12.6. The van der Waals surface area contributed by atoms with E-state index >= 15 is 0 Å². The highest BCUT2D eigenvalue weighted by molar-refractivity contribution is 5.78. The maximum absolute atomic E-state index is 10.9. The highest BCUT2D eigenvalue weighted by Crippen LogP contribution is 2.30. The van der Waals surface area contributed by atoms with Gasteiger partial charge in [-0.2, -0.15) is 0 Å². The molecule has 2 N–H and O–H groups in total. The van der Waals surface area contributed by atoms with Crippen molar-refractivity contribution in [3.8, 4) is 11.1 Å². The van der Waals surface area contributed by atoms with Crippen LogP contribution in [0.2, 0.25) is 0 Å². The summed E-state index contributed by atoms with van der Waals surface area (Å²) in [6.07, 6.45) is 4.55. The number of anilines is 1. The fourth-order valence-electron chi connectivity index (χ4n) is 2.38. The van der Waals surface area contributed by atoms with Crippen molar-refractivity contribution in [1.29, 1.82) is 0 Å². The first kappa shape index (κ1) is 15.0. The van der Waals surface area contributed by atoms with Gasteiger partial charge in [-0.05, 0) is 36.1 Å². The standard InChI is InChI=1S/C17H20N2O2/c1-2-3-4-6-13-9-10-17(18)16(11-13)14-7-5-8-15(12-14)19(20)21/h5,7-12H,2-4,6,18H2,1H3. The molecule has 0 saturated carbocycles. The van der Waals surface area contributed by atoms with E-state index in [1.807, 2.05) is 24.3 Å². The van der Waals surface area contributed by atoms with Crippen molar-refractivity contribution in [2.75, 3.05) is 5.73 Å². The minimum atomic E-state index is -0.384. The number of rotatable bonds is 6. The van der Waals surface area contributed by atoms with Gasteiger partial charge < -0.3 is 5.73 Å². The lowest BCUT2D eigenvalue weighted by atomic mass is 9.98. The number of unbranched alkanes of at least 4 members (excludes halogenated alkanes) is 2. The van der Waals surface area contributed by atoms with Crippen LogP contribution in [-0.4, -0.2) is 4.92 Å². The van der Waals surface area contributed by atoms with Crippen LogP contribution in [0.4, 0.5) is 11.4 Å². The van der Waals surface area contributed by atoms with Crippen molar-refractivity contribution < 1.29 is 4.92 Å². The van der Waals surface area contributed by atoms with Crippen molar-refractivity contribution in [3.63, 3.8) is 0 Å². The fraction of sp³-hybridized carbons (Fsp3) is 0.294. The van der Waals surface area contributed by atoms with E-state index in [1.165, 1.54) is 24.5 Å². The Labute approximate surface area is 124 Å². The third-order valence-electron chi connectivity index (χ3n) is 3.55. The van der Waals surface area contributed by atoms with Gasteiger partial charge >= 0.3 is 0 Å². The summed E-state index contributed by atoms with van der Waals surface area (Å²) in [4.78, 5) is 10.5. The molecule has 0 aliphatic rings. The summed E-state index contributed by atoms with van der Waals surface area (Å²) in [6.45, 7) is 2.18. The Hall–Kier alpha value is -2.36. The zero-order valence-corrected chi connectivity index (χ0v) is 12.2. The topological polar surface area (TPSA) is 69.2 Å². The van der Waals surface area contributed by atoms with Gasteiger partial charge in [0.1, 0.15) is 0 Å². The minimum Gasteiger partial charge on any atom is -0.398 e. The van der Waals surface area contributed by atoms with E-state index in [0.717, 1.165) is 24.0 Å². The first-order chi connectivity index (χ1) is 10.1. The van der Waals surface area contributed by atoms with Gasteiger partial charge in [0.05, 0.1) is 4.92 Å². The Bertz CT molecular complexity index is 638. The highest BCUT2D eigenvalue weighted by Gasteiger charge is 2.09. The second-order valence-electron chi connectivity index (χ2n) is 5.19. The molecule has 0 radical (unpaired) electrons. The quantitative estimate of drug-likeness (QED) is 0.365. The molecule has 0 unspecified atom stereocenters. The molecular weight excluding hydrogens is 264 g/mol. The molecule has 0 fully saturated rings. The summed E-state index contributed by atoms with van der Waals surface area (Å²) >= 11 is 0. The summed E-state index contributed by atoms with van der Waals surface area (Å²) < 4.78 is 0. The maximum Gasteiger partial charge on any atom is 0.270 e. The molecule has 0 bridgehead atoms. The van der Waals surface area contributed by atoms with Gasteiger partial charge in [0.25, 0.3) is 5.69 Å². The van der Waals surface area contributed by atoms with Crippen molar-refractivity contribution in [2.45, 2.75) is 32.6 Å². The molecule has 21 heavy (non-hydrogen) atoms. The van der Waals surface area contributed by atoms with Crippen molar-refractivity contribution >= 4 is 11.4 Å². The van der Waals surface area contributed by atoms with Crippen LogP contribution < -0.4 is 5.73 Å². The van der Waals surface area contributed by atoms with E-state index in [9.17, 15) is 10.1 Å². The largest absolute Gasteiger partial charge is 0.398 e. The molecule has 0 saturated heterocycles. The monoisotopic (exact) mass is 284 g/mol. The van der Waals surface area contributed by atoms with Crippen LogP contribution in [0.5, 0.6) is 0 Å². The van der Waals surface area contributed by atoms with E-state index in [-0.39, 0.29) is 10.6 Å². The van der Waals surface area contributed by atoms with Crippen LogP contribution in [0.25, 0.3) is 11.1 Å². The van der Waals surface area contributed by atoms with Crippen molar-refractivity contribution in [1.82, 2.24) is 0 Å². The van der Waals surface area contributed by atoms with Gasteiger partial charge in [0, 0.05) is 23.4 Å². The van der Waals surface area contributed by atoms with Crippen LogP contribution in [-0.2, 0) is 6.42 Å². The number of nitrogens with zero attached hydrogens (tertiary/aromatic N) is 1. The number of nitro benzene ring substituents is 1. The van der Waals surface area contributed by atoms with E-state index in [0.29, 0.717) is 5.69 Å². The number of aryl methyl sites for hydroxylation is 1. The molecule has 4 heteroatoms. The Morgan fingerprint density at radius 3 is 2.67 bits per heavy atom. The molecule has 0 spiro atoms. The van der Waals surface area contributed by atoms with E-state index in [2.05, 4.69) is 6.92 Å². The lowest BCUT2D eigenvalue weighted by Crippen LogP contribution is -1.94. The van der Waals surface area contributed by atoms with Gasteiger partial charge in [-0.1, -0.05) is 38.0 Å². The SMILES string of the molecule is CCCCCc1ccc(N)c(-c2cccc([N+](=O)[O-])c2)c1. The highest BCUT2D eigenvalue weighted by atomic mass is 16.6. The van der Waals surface area contributed by atoms with Gasteiger partial charge in [0.15, 0.2) is 0 Å². The average molecular weight is 284 g/mol. The molecule has 0 atom stereocenters. The zero-order chi connectivity index (χ0) is 15.2. The molecule has 2 aromatic carbocycles. The van der Waals surface area contributed by atoms with Crippen LogP contribution in [0, 0.1) is 10.1 Å². The van der Waals surface area contributed by atoms with Gasteiger partial charge in [-0.25, -0.2) is 0 Å². The second kappa shape index (κ2) is 6.88. The molecule has 0 heterocycles. The third kappa shape index (κ3) is 3.81. The van der Waals surface area contributed by atoms with Gasteiger partial charge in [-0.3, -0.25) is 10.1 Å². The number of nitrogen functional groups attached to an aromatic ring is 1. The first-order valence-electron chi connectivity index (χ1n) is 7.25. The summed E-state index contributed by atoms with van der Waals surface area (Å²) in [5.41, 5.74) is 9.65. The van der Waals surface area contributed by atoms with Crippen LogP contribution >= 0.6 is 0 Å². The Balaban J connectivity index is 2.31. The molecule has 2 rings (SSSR count). The minimum absolute atomic E-state index is 0.0864. The Kier molecular flexibility index (Phi) is 4.93. The predicted octanol–water partition coefficient (Wildman–Crippen LogP) is 4.58. The van der Waals surface area contributed by atoms with E-state index < -0.39 is 0 Å². The van der Waals surface area contributed by atoms with Crippen molar-refractivity contribution in [3.05, 3.63) is 58.1 Å². The molecule has 0 aromatic heterocycles. The molecule has 0 aliphatic carbocycles. The van der Waals surface area contributed by atoms with Crippen LogP contribution in [0.3, 0.4) is 0 Å². The lowest BCUT2D eigenvalue weighted by Gasteiger charge is -2.09. The molecule has 0 aliphatic heterocycles. The zero-order valence-electron chi connectivity index (χ0n) is 12.2. The number of benzene rings is 2. The average Bonchev–Trinajstić information content (AvgIpc) is 2.49. The number of hydrogen-bond donors (Lipinski definition) is 1. The normalized spacial score (nSPS) is 10.5. The molecule has 2 aromatic rings. The summed E-state index contributed by atoms with van der Waals surface area (Å²) in [5.74, 6) is 0. The van der Waals surface area contributed by atoms with Gasteiger partial charge in [0.2, 0.25) is 0 Å². The fourth-order valence-corrected chi connectivity index (χ4v) is 2.38. The predicted molar refractivity (Wildman–Crippen MR) is 86.2 cm³/mol. The van der Waals surface area contributed by atoms with E-state index in [4.69, 9.17) is 5.73 Å². The second-order valence-corrected chi connectivity index (χ2v) is 5.19. The smallest absolute Gasteiger partial charge is 0.270 e. The van der Waals surface area contributed by atoms with Crippen molar-refractivity contribution in [2.24, 2.45) is 0 Å². The molecule has 4 nitrogen and oxygen atoms in total. The molecular formula is C17H20N2O2. The first-order valence-corrected chi connectivity index (χ1v) is 7.25. The lowest BCUT2D eigenvalue weighted by molar-refractivity contribution is -0.384. The number of nitrogens with two attached hydrogens (primary N) is 1. The maximum atomic E-state index is 10.9. The van der Waals surface area contributed by atoms with Crippen LogP contribution in [0.1, 0.15) is 31.7 Å². The number of non-ortho nitro benzene ring substituents is 1. The number of nitro groups is 1. The molecule has 110 valence electrons.